The molecule has 4 rings (SSSR count). The predicted molar refractivity (Wildman–Crippen MR) is 150 cm³/mol. The van der Waals surface area contributed by atoms with Crippen LogP contribution in [0.4, 0.5) is 4.39 Å². The minimum absolute atomic E-state index is 0.134. The Morgan fingerprint density at radius 3 is 2.71 bits per heavy atom. The zero-order valence-electron chi connectivity index (χ0n) is 23.8. The molecule has 41 heavy (non-hydrogen) atoms. The minimum atomic E-state index is -4.37. The largest absolute Gasteiger partial charge is 0.464 e. The summed E-state index contributed by atoms with van der Waals surface area (Å²) >= 11 is 0. The quantitative estimate of drug-likeness (QED) is 0.237. The molecule has 0 aliphatic carbocycles. The Balaban J connectivity index is 1.55. The van der Waals surface area contributed by atoms with Crippen molar-refractivity contribution in [2.75, 3.05) is 19.8 Å². The maximum absolute atomic E-state index is 15.5. The van der Waals surface area contributed by atoms with Crippen molar-refractivity contribution in [3.05, 3.63) is 54.7 Å². The highest BCUT2D eigenvalue weighted by Gasteiger charge is 2.57. The minimum Gasteiger partial charge on any atom is -0.464 e. The molecule has 2 aliphatic heterocycles. The Morgan fingerprint density at radius 1 is 1.29 bits per heavy atom. The summed E-state index contributed by atoms with van der Waals surface area (Å²) < 4.78 is 52.3. The third kappa shape index (κ3) is 7.45. The molecule has 0 aromatic heterocycles. The van der Waals surface area contributed by atoms with Crippen LogP contribution in [0.1, 0.15) is 34.6 Å². The van der Waals surface area contributed by atoms with Crippen LogP contribution in [-0.2, 0) is 23.4 Å². The van der Waals surface area contributed by atoms with E-state index in [4.69, 9.17) is 18.5 Å². The summed E-state index contributed by atoms with van der Waals surface area (Å²) in [4.78, 5) is 13.9. The maximum Gasteiger partial charge on any atom is 0.459 e. The van der Waals surface area contributed by atoms with Gasteiger partial charge in [-0.05, 0) is 30.7 Å². The molecule has 0 radical (unpaired) electrons. The average molecular weight is 596 g/mol. The second-order valence-electron chi connectivity index (χ2n) is 11.6. The molecule has 0 bridgehead atoms. The zero-order chi connectivity index (χ0) is 30.0. The van der Waals surface area contributed by atoms with E-state index in [-0.39, 0.29) is 17.8 Å². The van der Waals surface area contributed by atoms with Crippen molar-refractivity contribution < 1.29 is 42.5 Å². The number of rotatable bonds is 10. The van der Waals surface area contributed by atoms with E-state index in [0.717, 1.165) is 5.39 Å². The molecule has 7 atom stereocenters. The van der Waals surface area contributed by atoms with Gasteiger partial charge in [0.2, 0.25) is 0 Å². The molecule has 0 saturated carbocycles. The van der Waals surface area contributed by atoms with E-state index in [2.05, 4.69) is 10.4 Å². The van der Waals surface area contributed by atoms with E-state index in [1.54, 1.807) is 30.3 Å². The molecule has 226 valence electrons. The van der Waals surface area contributed by atoms with Gasteiger partial charge in [0.05, 0.1) is 13.2 Å². The number of benzene rings is 2. The van der Waals surface area contributed by atoms with Crippen LogP contribution in [-0.4, -0.2) is 77.3 Å². The predicted octanol–water partition coefficient (Wildman–Crippen LogP) is 3.42. The lowest BCUT2D eigenvalue weighted by atomic mass is 9.97. The number of ether oxygens (including phenoxy) is 2. The van der Waals surface area contributed by atoms with Crippen LogP contribution in [0.15, 0.2) is 54.7 Å². The van der Waals surface area contributed by atoms with Crippen LogP contribution in [0, 0.1) is 5.41 Å². The first kappa shape index (κ1) is 31.4. The fraction of sp³-hybridized carbons (Fsp3) is 0.536. The molecule has 0 spiro atoms. The lowest BCUT2D eigenvalue weighted by Gasteiger charge is -2.39. The van der Waals surface area contributed by atoms with Gasteiger partial charge in [0, 0.05) is 18.1 Å². The van der Waals surface area contributed by atoms with Gasteiger partial charge in [-0.15, -0.1) is 0 Å². The molecule has 1 saturated heterocycles. The number of nitrogens with zero attached hydrogens (tertiary/aromatic N) is 1. The van der Waals surface area contributed by atoms with Gasteiger partial charge in [-0.2, -0.15) is 5.09 Å². The number of hydrogen-bond acceptors (Lipinski definition) is 10. The van der Waals surface area contributed by atoms with E-state index in [1.165, 1.54) is 24.9 Å². The van der Waals surface area contributed by atoms with Gasteiger partial charge >= 0.3 is 13.7 Å². The van der Waals surface area contributed by atoms with Crippen LogP contribution in [0.5, 0.6) is 5.75 Å². The molecule has 2 aromatic carbocycles. The number of esters is 1. The van der Waals surface area contributed by atoms with Crippen molar-refractivity contribution in [3.63, 3.8) is 0 Å². The monoisotopic (exact) mass is 595 g/mol. The Morgan fingerprint density at radius 2 is 2.00 bits per heavy atom. The molecule has 13 heteroatoms. The molecule has 2 aromatic rings. The van der Waals surface area contributed by atoms with Crippen molar-refractivity contribution >= 4 is 24.5 Å². The second kappa shape index (κ2) is 12.3. The number of aliphatic hydroxyl groups is 2. The summed E-state index contributed by atoms with van der Waals surface area (Å²) in [6.45, 7) is 8.33. The summed E-state index contributed by atoms with van der Waals surface area (Å²) in [5, 5.41) is 28.1. The Kier molecular flexibility index (Phi) is 9.45. The standard InChI is InChI=1S/C28H39FN3O8P/c1-18(24(33)37-17-27(2,3)4)31-41(36,40-21-13-8-11-19-10-6-7-12-20(19)21)38-16-22-23(29)28(5,35)25(39-22)32-15-9-14-30-26(32)34/h6-13,15,18,22-23,25-26,30,34-35H,14,16-17H2,1-5H3,(H,31,36). The van der Waals surface area contributed by atoms with Gasteiger partial charge in [0.25, 0.3) is 0 Å². The van der Waals surface area contributed by atoms with E-state index in [0.29, 0.717) is 11.9 Å². The Hall–Kier alpha value is -2.57. The fourth-order valence-electron chi connectivity index (χ4n) is 4.49. The van der Waals surface area contributed by atoms with Crippen molar-refractivity contribution in [2.24, 2.45) is 5.41 Å². The number of carbonyl (C=O) groups excluding carboxylic acids is 1. The van der Waals surface area contributed by atoms with E-state index >= 15 is 4.39 Å². The number of aliphatic hydroxyl groups excluding tert-OH is 1. The summed E-state index contributed by atoms with van der Waals surface area (Å²) in [5.41, 5.74) is -2.33. The SMILES string of the molecule is CC(NP(=O)(OCC1OC(N2C=CCNC2O)C(C)(O)C1F)Oc1cccc2ccccc12)C(=O)OCC(C)(C)C. The number of carbonyl (C=O) groups is 1. The van der Waals surface area contributed by atoms with Crippen LogP contribution in [0.25, 0.3) is 10.8 Å². The normalized spacial score (nSPS) is 28.8. The second-order valence-corrected chi connectivity index (χ2v) is 13.3. The molecule has 1 fully saturated rings. The molecule has 2 aliphatic rings. The van der Waals surface area contributed by atoms with Gasteiger partial charge in [-0.1, -0.05) is 63.2 Å². The van der Waals surface area contributed by atoms with Crippen molar-refractivity contribution in [1.29, 1.82) is 0 Å². The Bertz CT molecular complexity index is 1300. The summed E-state index contributed by atoms with van der Waals surface area (Å²) in [6, 6.07) is 11.3. The van der Waals surface area contributed by atoms with Crippen LogP contribution in [0.3, 0.4) is 0 Å². The highest BCUT2D eigenvalue weighted by atomic mass is 31.2. The van der Waals surface area contributed by atoms with Crippen LogP contribution in [0.2, 0.25) is 0 Å². The van der Waals surface area contributed by atoms with E-state index in [1.807, 2.05) is 39.0 Å². The highest BCUT2D eigenvalue weighted by Crippen LogP contribution is 2.48. The van der Waals surface area contributed by atoms with Crippen LogP contribution >= 0.6 is 7.75 Å². The van der Waals surface area contributed by atoms with E-state index < -0.39 is 56.8 Å². The third-order valence-electron chi connectivity index (χ3n) is 6.67. The van der Waals surface area contributed by atoms with E-state index in [9.17, 15) is 19.6 Å². The number of fused-ring (bicyclic) bond motifs is 1. The number of halogens is 1. The maximum atomic E-state index is 15.5. The first-order valence-electron chi connectivity index (χ1n) is 13.4. The summed E-state index contributed by atoms with van der Waals surface area (Å²) in [6.07, 6.45) is -2.67. The smallest absolute Gasteiger partial charge is 0.459 e. The van der Waals surface area contributed by atoms with Gasteiger partial charge in [-0.3, -0.25) is 14.6 Å². The molecular formula is C28H39FN3O8P. The lowest BCUT2D eigenvalue weighted by Crippen LogP contribution is -2.58. The van der Waals surface area contributed by atoms with Gasteiger partial charge < -0.3 is 29.1 Å². The van der Waals surface area contributed by atoms with Crippen molar-refractivity contribution in [3.8, 4) is 5.75 Å². The van der Waals surface area contributed by atoms with Crippen molar-refractivity contribution in [2.45, 2.75) is 71.1 Å². The lowest BCUT2D eigenvalue weighted by molar-refractivity contribution is -0.168. The molecule has 7 unspecified atom stereocenters. The number of nitrogens with one attached hydrogen (secondary N) is 2. The molecule has 0 amide bonds. The molecule has 2 heterocycles. The fourth-order valence-corrected chi connectivity index (χ4v) is 6.01. The number of alkyl halides is 1. The molecular weight excluding hydrogens is 556 g/mol. The summed E-state index contributed by atoms with van der Waals surface area (Å²) in [7, 11) is -4.37. The van der Waals surface area contributed by atoms with Gasteiger partial charge in [0.1, 0.15) is 23.5 Å². The van der Waals surface area contributed by atoms with Crippen molar-refractivity contribution in [1.82, 2.24) is 15.3 Å². The van der Waals surface area contributed by atoms with Gasteiger partial charge in [0.15, 0.2) is 18.8 Å². The molecule has 4 N–H and O–H groups in total. The van der Waals surface area contributed by atoms with Crippen LogP contribution < -0.4 is 14.9 Å². The first-order chi connectivity index (χ1) is 19.2. The average Bonchev–Trinajstić information content (AvgIpc) is 3.14. The number of hydrogen-bond donors (Lipinski definition) is 4. The topological polar surface area (TPSA) is 139 Å². The van der Waals surface area contributed by atoms with Gasteiger partial charge in [-0.25, -0.2) is 8.96 Å². The first-order valence-corrected chi connectivity index (χ1v) is 15.0. The zero-order valence-corrected chi connectivity index (χ0v) is 24.7. The molecule has 11 nitrogen and oxygen atoms in total. The summed E-state index contributed by atoms with van der Waals surface area (Å²) in [5.74, 6) is -0.456. The highest BCUT2D eigenvalue weighted by molar-refractivity contribution is 7.52. The Labute approximate surface area is 239 Å². The third-order valence-corrected chi connectivity index (χ3v) is 8.30.